The van der Waals surface area contributed by atoms with Crippen LogP contribution in [0.15, 0.2) is 57.6 Å². The third-order valence-electron chi connectivity index (χ3n) is 3.37. The fourth-order valence-corrected chi connectivity index (χ4v) is 3.42. The predicted molar refractivity (Wildman–Crippen MR) is 105 cm³/mol. The minimum absolute atomic E-state index is 0.0445. The monoisotopic (exact) mass is 389 g/mol. The number of aromatic hydroxyl groups is 1. The summed E-state index contributed by atoms with van der Waals surface area (Å²) in [4.78, 5) is 13.9. The number of hydrogen-bond donors (Lipinski definition) is 1. The lowest BCUT2D eigenvalue weighted by Gasteiger charge is -2.04. The zero-order chi connectivity index (χ0) is 18.0. The second kappa shape index (κ2) is 7.35. The van der Waals surface area contributed by atoms with Crippen LogP contribution in [0.4, 0.5) is 11.4 Å². The summed E-state index contributed by atoms with van der Waals surface area (Å²) in [5.74, 6) is -0.150. The molecule has 1 aliphatic rings. The fraction of sp³-hybridized carbons (Fsp3) is 0.0588. The number of thioether (sulfide) groups is 1. The van der Waals surface area contributed by atoms with E-state index in [4.69, 9.17) is 23.8 Å². The van der Waals surface area contributed by atoms with E-state index in [2.05, 4.69) is 10.2 Å². The van der Waals surface area contributed by atoms with E-state index in [0.29, 0.717) is 31.2 Å². The molecule has 1 heterocycles. The van der Waals surface area contributed by atoms with Gasteiger partial charge in [-0.15, -0.1) is 0 Å². The summed E-state index contributed by atoms with van der Waals surface area (Å²) in [7, 11) is 1.62. The summed E-state index contributed by atoms with van der Waals surface area (Å²) in [5, 5.41) is 18.9. The molecule has 25 heavy (non-hydrogen) atoms. The summed E-state index contributed by atoms with van der Waals surface area (Å²) < 4.78 is 0.479. The van der Waals surface area contributed by atoms with Gasteiger partial charge in [-0.3, -0.25) is 9.69 Å². The van der Waals surface area contributed by atoms with E-state index in [-0.39, 0.29) is 11.7 Å². The first kappa shape index (κ1) is 17.6. The molecule has 2 aromatic carbocycles. The van der Waals surface area contributed by atoms with E-state index < -0.39 is 0 Å². The van der Waals surface area contributed by atoms with Gasteiger partial charge in [-0.25, -0.2) is 0 Å². The average molecular weight is 390 g/mol. The van der Waals surface area contributed by atoms with Crippen molar-refractivity contribution in [1.29, 1.82) is 0 Å². The number of nitrogens with zero attached hydrogens (tertiary/aromatic N) is 3. The molecule has 0 radical (unpaired) electrons. The van der Waals surface area contributed by atoms with Crippen LogP contribution in [0.1, 0.15) is 5.56 Å². The molecule has 5 nitrogen and oxygen atoms in total. The lowest BCUT2D eigenvalue weighted by atomic mass is 10.1. The van der Waals surface area contributed by atoms with E-state index in [1.54, 1.807) is 49.5 Å². The lowest BCUT2D eigenvalue weighted by Crippen LogP contribution is -2.22. The highest BCUT2D eigenvalue weighted by Crippen LogP contribution is 2.34. The molecule has 0 atom stereocenters. The molecule has 0 spiro atoms. The van der Waals surface area contributed by atoms with Crippen LogP contribution in [0.5, 0.6) is 5.75 Å². The van der Waals surface area contributed by atoms with Gasteiger partial charge >= 0.3 is 0 Å². The van der Waals surface area contributed by atoms with Crippen molar-refractivity contribution in [2.24, 2.45) is 10.2 Å². The Kier molecular flexibility index (Phi) is 5.17. The number of phenolic OH excluding ortho intramolecular Hbond substituents is 1. The number of thiocarbonyl (C=S) groups is 1. The van der Waals surface area contributed by atoms with E-state index in [9.17, 15) is 9.90 Å². The number of rotatable bonds is 3. The molecule has 3 rings (SSSR count). The number of phenols is 1. The Balaban J connectivity index is 1.89. The normalized spacial score (nSPS) is 16.4. The zero-order valence-corrected chi connectivity index (χ0v) is 15.4. The van der Waals surface area contributed by atoms with Gasteiger partial charge in [-0.05, 0) is 42.5 Å². The van der Waals surface area contributed by atoms with Gasteiger partial charge in [0.25, 0.3) is 5.91 Å². The van der Waals surface area contributed by atoms with Crippen LogP contribution in [0.2, 0.25) is 5.02 Å². The van der Waals surface area contributed by atoms with Gasteiger partial charge in [0.2, 0.25) is 0 Å². The van der Waals surface area contributed by atoms with Crippen molar-refractivity contribution in [2.75, 3.05) is 7.05 Å². The van der Waals surface area contributed by atoms with Crippen molar-refractivity contribution in [1.82, 2.24) is 4.90 Å². The Morgan fingerprint density at radius 2 is 1.92 bits per heavy atom. The lowest BCUT2D eigenvalue weighted by molar-refractivity contribution is -0.121. The van der Waals surface area contributed by atoms with Gasteiger partial charge in [0.05, 0.1) is 16.3 Å². The largest absolute Gasteiger partial charge is 0.507 e. The average Bonchev–Trinajstić information content (AvgIpc) is 2.83. The number of likely N-dealkylation sites (N-methyl/N-ethyl adjacent to an activating group) is 1. The maximum absolute atomic E-state index is 12.1. The number of carbonyl (C=O) groups is 1. The van der Waals surface area contributed by atoms with Gasteiger partial charge < -0.3 is 5.11 Å². The molecule has 1 saturated heterocycles. The predicted octanol–water partition coefficient (Wildman–Crippen LogP) is 5.29. The SMILES string of the molecule is CN1C(=O)C(=Cc2cc(N=Nc3cccc(Cl)c3)ccc2O)SC1=S. The summed E-state index contributed by atoms with van der Waals surface area (Å²) >= 11 is 12.2. The molecule has 1 fully saturated rings. The van der Waals surface area contributed by atoms with E-state index >= 15 is 0 Å². The molecule has 1 N–H and O–H groups in total. The zero-order valence-electron chi connectivity index (χ0n) is 13.0. The van der Waals surface area contributed by atoms with Gasteiger partial charge in [-0.2, -0.15) is 10.2 Å². The first-order chi connectivity index (χ1) is 11.9. The molecule has 0 bridgehead atoms. The Morgan fingerprint density at radius 1 is 1.20 bits per heavy atom. The number of halogens is 1. The second-order valence-corrected chi connectivity index (χ2v) is 7.28. The molecule has 8 heteroatoms. The molecular formula is C17H12ClN3O2S2. The van der Waals surface area contributed by atoms with Crippen molar-refractivity contribution < 1.29 is 9.90 Å². The van der Waals surface area contributed by atoms with Crippen molar-refractivity contribution in [3.05, 3.63) is 58.0 Å². The van der Waals surface area contributed by atoms with Gasteiger partial charge in [0, 0.05) is 17.6 Å². The van der Waals surface area contributed by atoms with Gasteiger partial charge in [-0.1, -0.05) is 41.6 Å². The van der Waals surface area contributed by atoms with Crippen LogP contribution < -0.4 is 0 Å². The van der Waals surface area contributed by atoms with Crippen molar-refractivity contribution >= 4 is 63.3 Å². The molecule has 0 aromatic heterocycles. The smallest absolute Gasteiger partial charge is 0.265 e. The van der Waals surface area contributed by atoms with Gasteiger partial charge in [0.1, 0.15) is 10.1 Å². The number of hydrogen-bond acceptors (Lipinski definition) is 6. The Morgan fingerprint density at radius 3 is 2.56 bits per heavy atom. The third-order valence-corrected chi connectivity index (χ3v) is 5.09. The Labute approximate surface area is 159 Å². The summed E-state index contributed by atoms with van der Waals surface area (Å²) in [6.07, 6.45) is 1.59. The maximum atomic E-state index is 12.1. The molecule has 126 valence electrons. The Bertz CT molecular complexity index is 928. The minimum atomic E-state index is -0.194. The highest BCUT2D eigenvalue weighted by Gasteiger charge is 2.28. The standard InChI is InChI=1S/C17H12ClN3O2S2/c1-21-16(23)15(25-17(21)24)8-10-7-13(5-6-14(10)22)20-19-12-4-2-3-11(18)9-12/h2-9,22H,1H3. The molecule has 0 unspecified atom stereocenters. The van der Waals surface area contributed by atoms with Crippen LogP contribution in [0.3, 0.4) is 0 Å². The Hall–Kier alpha value is -2.22. The van der Waals surface area contributed by atoms with Crippen molar-refractivity contribution in [2.45, 2.75) is 0 Å². The summed E-state index contributed by atoms with van der Waals surface area (Å²) in [6.45, 7) is 0. The molecule has 1 aliphatic heterocycles. The molecule has 0 saturated carbocycles. The van der Waals surface area contributed by atoms with Gasteiger partial charge in [0.15, 0.2) is 0 Å². The number of benzene rings is 2. The van der Waals surface area contributed by atoms with E-state index in [0.717, 1.165) is 0 Å². The number of amides is 1. The van der Waals surface area contributed by atoms with Crippen molar-refractivity contribution in [3.8, 4) is 5.75 Å². The molecule has 2 aromatic rings. The van der Waals surface area contributed by atoms with Crippen molar-refractivity contribution in [3.63, 3.8) is 0 Å². The van der Waals surface area contributed by atoms with E-state index in [1.165, 1.54) is 22.7 Å². The molecule has 0 aliphatic carbocycles. The second-order valence-electron chi connectivity index (χ2n) is 5.16. The highest BCUT2D eigenvalue weighted by molar-refractivity contribution is 8.26. The quantitative estimate of drug-likeness (QED) is 0.440. The van der Waals surface area contributed by atoms with E-state index in [1.807, 2.05) is 0 Å². The summed E-state index contributed by atoms with van der Waals surface area (Å²) in [5.41, 5.74) is 1.63. The first-order valence-corrected chi connectivity index (χ1v) is 8.76. The molecule has 1 amide bonds. The van der Waals surface area contributed by atoms with Crippen LogP contribution in [-0.4, -0.2) is 27.3 Å². The fourth-order valence-electron chi connectivity index (χ4n) is 2.06. The topological polar surface area (TPSA) is 65.3 Å². The first-order valence-electron chi connectivity index (χ1n) is 7.16. The van der Waals surface area contributed by atoms with Crippen LogP contribution in [0.25, 0.3) is 6.08 Å². The molecular weight excluding hydrogens is 378 g/mol. The minimum Gasteiger partial charge on any atom is -0.507 e. The third kappa shape index (κ3) is 4.07. The van der Waals surface area contributed by atoms with Crippen LogP contribution in [0, 0.1) is 0 Å². The number of azo groups is 1. The maximum Gasteiger partial charge on any atom is 0.265 e. The number of carbonyl (C=O) groups excluding carboxylic acids is 1. The van der Waals surface area contributed by atoms with Crippen LogP contribution >= 0.6 is 35.6 Å². The van der Waals surface area contributed by atoms with Crippen LogP contribution in [-0.2, 0) is 4.79 Å². The summed E-state index contributed by atoms with van der Waals surface area (Å²) in [6, 6.07) is 11.8. The highest BCUT2D eigenvalue weighted by atomic mass is 35.5.